The number of halogens is 1. The van der Waals surface area contributed by atoms with Crippen LogP contribution >= 0.6 is 15.9 Å². The van der Waals surface area contributed by atoms with E-state index >= 15 is 0 Å². The van der Waals surface area contributed by atoms with Gasteiger partial charge in [-0.1, -0.05) is 0 Å². The van der Waals surface area contributed by atoms with Crippen LogP contribution in [0.2, 0.25) is 0 Å². The third kappa shape index (κ3) is 3.20. The summed E-state index contributed by atoms with van der Waals surface area (Å²) in [4.78, 5) is 16.4. The number of carbonyl (C=O) groups excluding carboxylic acids is 1. The third-order valence-electron chi connectivity index (χ3n) is 3.69. The summed E-state index contributed by atoms with van der Waals surface area (Å²) < 4.78 is 13.4. The molecule has 0 saturated heterocycles. The van der Waals surface area contributed by atoms with E-state index in [4.69, 9.17) is 9.47 Å². The van der Waals surface area contributed by atoms with Crippen LogP contribution in [0.15, 0.2) is 53.5 Å². The second-order valence-electron chi connectivity index (χ2n) is 5.32. The van der Waals surface area contributed by atoms with Crippen molar-refractivity contribution in [2.24, 2.45) is 0 Å². The molecule has 0 fully saturated rings. The molecule has 1 aliphatic heterocycles. The van der Waals surface area contributed by atoms with Gasteiger partial charge in [0, 0.05) is 22.2 Å². The molecule has 1 aromatic heterocycles. The van der Waals surface area contributed by atoms with Gasteiger partial charge in [0.05, 0.1) is 11.4 Å². The Morgan fingerprint density at radius 3 is 2.52 bits per heavy atom. The standard InChI is InChI=1S/C17H13BrN4O3/c18-13-7-15-16(25-6-5-24-15)8-14(13)21-17(23)11-1-3-12(4-2-11)22-10-19-9-20-22/h1-4,7-10H,5-6H2,(H,21,23). The smallest absolute Gasteiger partial charge is 0.255 e. The highest BCUT2D eigenvalue weighted by atomic mass is 79.9. The number of rotatable bonds is 3. The molecule has 1 amide bonds. The molecule has 25 heavy (non-hydrogen) atoms. The SMILES string of the molecule is O=C(Nc1cc2c(cc1Br)OCCO2)c1ccc(-n2cncn2)cc1. The van der Waals surface area contributed by atoms with Crippen LogP contribution in [0.3, 0.4) is 0 Å². The highest BCUT2D eigenvalue weighted by Gasteiger charge is 2.16. The minimum absolute atomic E-state index is 0.220. The number of fused-ring (bicyclic) bond motifs is 1. The van der Waals surface area contributed by atoms with Gasteiger partial charge in [0.1, 0.15) is 25.9 Å². The van der Waals surface area contributed by atoms with Crippen LogP contribution in [-0.2, 0) is 0 Å². The molecule has 1 aliphatic rings. The zero-order chi connectivity index (χ0) is 17.2. The first-order chi connectivity index (χ1) is 12.2. The van der Waals surface area contributed by atoms with Crippen molar-refractivity contribution in [3.63, 3.8) is 0 Å². The lowest BCUT2D eigenvalue weighted by Gasteiger charge is -2.20. The lowest BCUT2D eigenvalue weighted by Crippen LogP contribution is -2.17. The van der Waals surface area contributed by atoms with Crippen molar-refractivity contribution in [2.45, 2.75) is 0 Å². The minimum Gasteiger partial charge on any atom is -0.486 e. The Morgan fingerprint density at radius 1 is 1.12 bits per heavy atom. The predicted octanol–water partition coefficient (Wildman–Crippen LogP) is 3.05. The zero-order valence-electron chi connectivity index (χ0n) is 13.0. The van der Waals surface area contributed by atoms with Crippen LogP contribution in [0.25, 0.3) is 5.69 Å². The fourth-order valence-corrected chi connectivity index (χ4v) is 2.88. The fraction of sp³-hybridized carbons (Fsp3) is 0.118. The van der Waals surface area contributed by atoms with E-state index in [0.717, 1.165) is 10.2 Å². The molecule has 0 saturated carbocycles. The Labute approximate surface area is 151 Å². The number of carbonyl (C=O) groups is 1. The van der Waals surface area contributed by atoms with Crippen molar-refractivity contribution in [1.29, 1.82) is 0 Å². The van der Waals surface area contributed by atoms with Crippen LogP contribution in [0, 0.1) is 0 Å². The van der Waals surface area contributed by atoms with Gasteiger partial charge in [-0.25, -0.2) is 9.67 Å². The number of anilines is 1. The zero-order valence-corrected chi connectivity index (χ0v) is 14.6. The van der Waals surface area contributed by atoms with E-state index in [1.54, 1.807) is 35.3 Å². The number of hydrogen-bond donors (Lipinski definition) is 1. The Hall–Kier alpha value is -2.87. The van der Waals surface area contributed by atoms with Crippen LogP contribution < -0.4 is 14.8 Å². The molecular formula is C17H13BrN4O3. The second kappa shape index (κ2) is 6.56. The van der Waals surface area contributed by atoms with Crippen molar-refractivity contribution < 1.29 is 14.3 Å². The van der Waals surface area contributed by atoms with E-state index in [1.807, 2.05) is 12.1 Å². The number of nitrogens with zero attached hydrogens (tertiary/aromatic N) is 3. The molecule has 0 spiro atoms. The first kappa shape index (κ1) is 15.6. The second-order valence-corrected chi connectivity index (χ2v) is 6.17. The topological polar surface area (TPSA) is 78.3 Å². The van der Waals surface area contributed by atoms with Crippen molar-refractivity contribution in [3.05, 3.63) is 59.1 Å². The van der Waals surface area contributed by atoms with Gasteiger partial charge in [-0.05, 0) is 40.2 Å². The maximum atomic E-state index is 12.5. The van der Waals surface area contributed by atoms with E-state index in [-0.39, 0.29) is 5.91 Å². The molecule has 0 aliphatic carbocycles. The summed E-state index contributed by atoms with van der Waals surface area (Å²) in [6.07, 6.45) is 3.06. The van der Waals surface area contributed by atoms with Crippen molar-refractivity contribution in [1.82, 2.24) is 14.8 Å². The average Bonchev–Trinajstić information content (AvgIpc) is 3.17. The summed E-state index contributed by atoms with van der Waals surface area (Å²) >= 11 is 3.45. The molecule has 1 N–H and O–H groups in total. The Bertz CT molecular complexity index is 910. The first-order valence-corrected chi connectivity index (χ1v) is 8.35. The van der Waals surface area contributed by atoms with Crippen LogP contribution in [0.5, 0.6) is 11.5 Å². The van der Waals surface area contributed by atoms with Gasteiger partial charge in [-0.2, -0.15) is 5.10 Å². The molecule has 2 aromatic carbocycles. The molecular weight excluding hydrogens is 388 g/mol. The van der Waals surface area contributed by atoms with E-state index in [2.05, 4.69) is 31.3 Å². The predicted molar refractivity (Wildman–Crippen MR) is 94.4 cm³/mol. The molecule has 4 rings (SSSR count). The molecule has 8 heteroatoms. The highest BCUT2D eigenvalue weighted by Crippen LogP contribution is 2.38. The van der Waals surface area contributed by atoms with Gasteiger partial charge in [0.25, 0.3) is 5.91 Å². The average molecular weight is 401 g/mol. The maximum absolute atomic E-state index is 12.5. The van der Waals surface area contributed by atoms with E-state index in [0.29, 0.717) is 36.0 Å². The number of ether oxygens (including phenoxy) is 2. The normalized spacial score (nSPS) is 12.7. The van der Waals surface area contributed by atoms with E-state index in [1.165, 1.54) is 6.33 Å². The Kier molecular flexibility index (Phi) is 4.10. The van der Waals surface area contributed by atoms with Gasteiger partial charge in [0.2, 0.25) is 0 Å². The summed E-state index contributed by atoms with van der Waals surface area (Å²) in [6, 6.07) is 10.6. The van der Waals surface area contributed by atoms with Gasteiger partial charge >= 0.3 is 0 Å². The summed E-state index contributed by atoms with van der Waals surface area (Å²) in [5.41, 5.74) is 1.98. The van der Waals surface area contributed by atoms with Crippen molar-refractivity contribution in [3.8, 4) is 17.2 Å². The monoisotopic (exact) mass is 400 g/mol. The molecule has 126 valence electrons. The number of benzene rings is 2. The van der Waals surface area contributed by atoms with Crippen LogP contribution in [0.4, 0.5) is 5.69 Å². The van der Waals surface area contributed by atoms with Crippen molar-refractivity contribution >= 4 is 27.5 Å². The third-order valence-corrected chi connectivity index (χ3v) is 4.35. The Morgan fingerprint density at radius 2 is 1.84 bits per heavy atom. The number of aromatic nitrogens is 3. The molecule has 7 nitrogen and oxygen atoms in total. The lowest BCUT2D eigenvalue weighted by molar-refractivity contribution is 0.102. The Balaban J connectivity index is 1.54. The van der Waals surface area contributed by atoms with Crippen LogP contribution in [0.1, 0.15) is 10.4 Å². The highest BCUT2D eigenvalue weighted by molar-refractivity contribution is 9.10. The quantitative estimate of drug-likeness (QED) is 0.730. The lowest BCUT2D eigenvalue weighted by atomic mass is 10.2. The summed E-state index contributed by atoms with van der Waals surface area (Å²) in [6.45, 7) is 1.01. The number of amides is 1. The molecule has 0 atom stereocenters. The summed E-state index contributed by atoms with van der Waals surface area (Å²) in [7, 11) is 0. The molecule has 0 bridgehead atoms. The van der Waals surface area contributed by atoms with Gasteiger partial charge < -0.3 is 14.8 Å². The number of nitrogens with one attached hydrogen (secondary N) is 1. The summed E-state index contributed by atoms with van der Waals surface area (Å²) in [5, 5.41) is 6.93. The number of hydrogen-bond acceptors (Lipinski definition) is 5. The van der Waals surface area contributed by atoms with Gasteiger partial charge in [-0.15, -0.1) is 0 Å². The minimum atomic E-state index is -0.220. The van der Waals surface area contributed by atoms with Gasteiger partial charge in [-0.3, -0.25) is 4.79 Å². The summed E-state index contributed by atoms with van der Waals surface area (Å²) in [5.74, 6) is 1.06. The van der Waals surface area contributed by atoms with E-state index < -0.39 is 0 Å². The van der Waals surface area contributed by atoms with Gasteiger partial charge in [0.15, 0.2) is 11.5 Å². The molecule has 3 aromatic rings. The fourth-order valence-electron chi connectivity index (χ4n) is 2.46. The van der Waals surface area contributed by atoms with E-state index in [9.17, 15) is 4.79 Å². The molecule has 0 unspecified atom stereocenters. The first-order valence-electron chi connectivity index (χ1n) is 7.56. The molecule has 0 radical (unpaired) electrons. The van der Waals surface area contributed by atoms with Crippen molar-refractivity contribution in [2.75, 3.05) is 18.5 Å². The molecule has 2 heterocycles. The largest absolute Gasteiger partial charge is 0.486 e. The van der Waals surface area contributed by atoms with Crippen LogP contribution in [-0.4, -0.2) is 33.9 Å². The maximum Gasteiger partial charge on any atom is 0.255 e.